The molecule has 0 N–H and O–H groups in total. The van der Waals surface area contributed by atoms with Crippen LogP contribution in [-0.2, 0) is 33.4 Å². The van der Waals surface area contributed by atoms with E-state index in [1.807, 2.05) is 0 Å². The van der Waals surface area contributed by atoms with E-state index in [1.165, 1.54) is 24.2 Å². The second-order valence-corrected chi connectivity index (χ2v) is 6.55. The molecular weight excluding hydrogens is 394 g/mol. The van der Waals surface area contributed by atoms with Crippen molar-refractivity contribution >= 4 is 29.5 Å². The van der Waals surface area contributed by atoms with Gasteiger partial charge in [0, 0.05) is 17.7 Å². The summed E-state index contributed by atoms with van der Waals surface area (Å²) in [6, 6.07) is 5.66. The summed E-state index contributed by atoms with van der Waals surface area (Å²) in [6.45, 7) is 3.39. The van der Waals surface area contributed by atoms with Crippen molar-refractivity contribution in [3.63, 3.8) is 0 Å². The van der Waals surface area contributed by atoms with E-state index >= 15 is 0 Å². The van der Waals surface area contributed by atoms with Gasteiger partial charge >= 0.3 is 17.9 Å². The first kappa shape index (κ1) is 22.9. The first-order valence-corrected chi connectivity index (χ1v) is 9.29. The van der Waals surface area contributed by atoms with Crippen LogP contribution in [0, 0.1) is 11.3 Å². The third kappa shape index (κ3) is 3.74. The van der Waals surface area contributed by atoms with Crippen molar-refractivity contribution in [1.29, 1.82) is 0 Å². The molecule has 2 rings (SSSR count). The number of amides is 1. The fraction of sp³-hybridized carbons (Fsp3) is 0.429. The van der Waals surface area contributed by atoms with Gasteiger partial charge in [-0.3, -0.25) is 14.4 Å². The smallest absolute Gasteiger partial charge is 0.333 e. The molecule has 1 aromatic carbocycles. The maximum Gasteiger partial charge on any atom is 0.333 e. The number of methoxy groups -OCH3 is 3. The molecule has 0 aromatic heterocycles. The molecule has 2 atom stereocenters. The zero-order valence-electron chi connectivity index (χ0n) is 17.5. The molecule has 0 spiro atoms. The average Bonchev–Trinajstić information content (AvgIpc) is 2.98. The summed E-state index contributed by atoms with van der Waals surface area (Å²) in [5, 5.41) is 0. The van der Waals surface area contributed by atoms with Crippen LogP contribution in [0.15, 0.2) is 36.4 Å². The van der Waals surface area contributed by atoms with Crippen LogP contribution in [0.25, 0.3) is 0 Å². The quantitative estimate of drug-likeness (QED) is 0.283. The van der Waals surface area contributed by atoms with Crippen LogP contribution in [0.4, 0.5) is 5.69 Å². The largest absolute Gasteiger partial charge is 0.497 e. The van der Waals surface area contributed by atoms with Crippen molar-refractivity contribution in [2.45, 2.75) is 19.9 Å². The van der Waals surface area contributed by atoms with Crippen LogP contribution >= 0.6 is 0 Å². The number of hydrogen-bond donors (Lipinski definition) is 0. The summed E-state index contributed by atoms with van der Waals surface area (Å²) in [6.07, 6.45) is 2.59. The van der Waals surface area contributed by atoms with Crippen molar-refractivity contribution in [3.05, 3.63) is 36.4 Å². The first-order chi connectivity index (χ1) is 14.3. The van der Waals surface area contributed by atoms with Crippen molar-refractivity contribution in [3.8, 4) is 5.75 Å². The number of rotatable bonds is 7. The molecule has 9 heteroatoms. The fourth-order valence-electron chi connectivity index (χ4n) is 3.60. The Bertz CT molecular complexity index is 829. The van der Waals surface area contributed by atoms with E-state index < -0.39 is 41.2 Å². The van der Waals surface area contributed by atoms with Crippen molar-refractivity contribution < 1.29 is 38.1 Å². The Morgan fingerprint density at radius 2 is 1.63 bits per heavy atom. The van der Waals surface area contributed by atoms with Gasteiger partial charge in [-0.1, -0.05) is 13.0 Å². The van der Waals surface area contributed by atoms with Crippen LogP contribution < -0.4 is 9.64 Å². The van der Waals surface area contributed by atoms with E-state index in [0.717, 1.165) is 14.2 Å². The summed E-state index contributed by atoms with van der Waals surface area (Å²) in [7, 11) is 3.68. The second-order valence-electron chi connectivity index (χ2n) is 6.55. The van der Waals surface area contributed by atoms with Gasteiger partial charge in [0.2, 0.25) is 5.41 Å². The van der Waals surface area contributed by atoms with E-state index in [2.05, 4.69) is 0 Å². The summed E-state index contributed by atoms with van der Waals surface area (Å²) >= 11 is 0. The molecule has 1 aliphatic rings. The van der Waals surface area contributed by atoms with Crippen molar-refractivity contribution in [2.24, 2.45) is 11.3 Å². The highest BCUT2D eigenvalue weighted by atomic mass is 16.5. The molecule has 1 fully saturated rings. The zero-order chi connectivity index (χ0) is 22.5. The van der Waals surface area contributed by atoms with Gasteiger partial charge in [0.05, 0.1) is 34.0 Å². The summed E-state index contributed by atoms with van der Waals surface area (Å²) in [5.41, 5.74) is -1.81. The number of hydrogen-bond acceptors (Lipinski definition) is 8. The third-order valence-electron chi connectivity index (χ3n) is 5.13. The third-order valence-corrected chi connectivity index (χ3v) is 5.13. The Morgan fingerprint density at radius 3 is 2.10 bits per heavy atom. The SMILES string of the molecule is CCOC(=O)/C=C/[C@@H]1[C@@H](C)C(C(=O)OC)(C(=O)OC)C(=O)N1c1ccc(OC)cc1. The minimum absolute atomic E-state index is 0.179. The molecule has 0 radical (unpaired) electrons. The number of esters is 3. The molecule has 1 aromatic rings. The Kier molecular flexibility index (Phi) is 7.20. The zero-order valence-corrected chi connectivity index (χ0v) is 17.5. The minimum atomic E-state index is -2.22. The molecule has 1 saturated heterocycles. The predicted octanol–water partition coefficient (Wildman–Crippen LogP) is 1.50. The maximum absolute atomic E-state index is 13.5. The van der Waals surface area contributed by atoms with E-state index in [9.17, 15) is 19.2 Å². The van der Waals surface area contributed by atoms with Gasteiger partial charge in [-0.05, 0) is 31.2 Å². The Hall–Kier alpha value is -3.36. The highest BCUT2D eigenvalue weighted by molar-refractivity contribution is 6.26. The molecule has 0 aliphatic carbocycles. The summed E-state index contributed by atoms with van der Waals surface area (Å²) in [4.78, 5) is 52.1. The highest BCUT2D eigenvalue weighted by Crippen LogP contribution is 2.46. The number of carbonyl (C=O) groups is 4. The molecular formula is C21H25NO8. The van der Waals surface area contributed by atoms with Gasteiger partial charge in [-0.25, -0.2) is 4.79 Å². The molecule has 1 heterocycles. The van der Waals surface area contributed by atoms with Gasteiger partial charge in [-0.2, -0.15) is 0 Å². The van der Waals surface area contributed by atoms with Crippen LogP contribution in [0.3, 0.4) is 0 Å². The molecule has 9 nitrogen and oxygen atoms in total. The van der Waals surface area contributed by atoms with E-state index in [-0.39, 0.29) is 6.61 Å². The molecule has 0 saturated carbocycles. The number of anilines is 1. The van der Waals surface area contributed by atoms with Gasteiger partial charge in [0.25, 0.3) is 5.91 Å². The first-order valence-electron chi connectivity index (χ1n) is 9.29. The van der Waals surface area contributed by atoms with E-state index in [4.69, 9.17) is 18.9 Å². The van der Waals surface area contributed by atoms with Crippen molar-refractivity contribution in [1.82, 2.24) is 0 Å². The van der Waals surface area contributed by atoms with Gasteiger partial charge in [0.1, 0.15) is 5.75 Å². The standard InChI is InChI=1S/C21H25NO8/c1-6-30-17(23)12-11-16-13(2)21(19(25)28-4,20(26)29-5)18(24)22(16)14-7-9-15(27-3)10-8-14/h7-13,16H,6H2,1-5H3/b12-11+/t13-,16-/m1/s1. The number of benzene rings is 1. The molecule has 1 amide bonds. The lowest BCUT2D eigenvalue weighted by Gasteiger charge is -2.25. The monoisotopic (exact) mass is 419 g/mol. The normalized spacial score (nSPS) is 20.2. The van der Waals surface area contributed by atoms with Crippen molar-refractivity contribution in [2.75, 3.05) is 32.8 Å². The highest BCUT2D eigenvalue weighted by Gasteiger charge is 2.68. The molecule has 0 unspecified atom stereocenters. The van der Waals surface area contributed by atoms with Crippen LogP contribution in [0.5, 0.6) is 5.75 Å². The summed E-state index contributed by atoms with van der Waals surface area (Å²) < 4.78 is 19.7. The van der Waals surface area contributed by atoms with E-state index in [0.29, 0.717) is 11.4 Å². The molecule has 0 bridgehead atoms. The number of ether oxygens (including phenoxy) is 4. The maximum atomic E-state index is 13.5. The average molecular weight is 419 g/mol. The number of carbonyl (C=O) groups excluding carboxylic acids is 4. The lowest BCUT2D eigenvalue weighted by Crippen LogP contribution is -2.50. The Labute approximate surface area is 174 Å². The van der Waals surface area contributed by atoms with Crippen LogP contribution in [0.1, 0.15) is 13.8 Å². The van der Waals surface area contributed by atoms with Gasteiger partial charge in [-0.15, -0.1) is 0 Å². The van der Waals surface area contributed by atoms with Gasteiger partial charge < -0.3 is 23.8 Å². The van der Waals surface area contributed by atoms with Crippen LogP contribution in [0.2, 0.25) is 0 Å². The predicted molar refractivity (Wildman–Crippen MR) is 106 cm³/mol. The Balaban J connectivity index is 2.64. The van der Waals surface area contributed by atoms with Crippen LogP contribution in [-0.4, -0.2) is 57.8 Å². The molecule has 162 valence electrons. The number of nitrogens with zero attached hydrogens (tertiary/aromatic N) is 1. The van der Waals surface area contributed by atoms with Gasteiger partial charge in [0.15, 0.2) is 0 Å². The minimum Gasteiger partial charge on any atom is -0.497 e. The lowest BCUT2D eigenvalue weighted by molar-refractivity contribution is -0.173. The topological polar surface area (TPSA) is 108 Å². The molecule has 30 heavy (non-hydrogen) atoms. The Morgan fingerprint density at radius 1 is 1.07 bits per heavy atom. The fourth-order valence-corrected chi connectivity index (χ4v) is 3.60. The second kappa shape index (κ2) is 9.43. The lowest BCUT2D eigenvalue weighted by atomic mass is 9.75. The van der Waals surface area contributed by atoms with E-state index in [1.54, 1.807) is 38.1 Å². The molecule has 1 aliphatic heterocycles. The summed E-state index contributed by atoms with van der Waals surface area (Å²) in [5.74, 6) is -3.82.